The Morgan fingerprint density at radius 1 is 0.794 bits per heavy atom. The van der Waals surface area contributed by atoms with Gasteiger partial charge < -0.3 is 4.90 Å². The molecule has 3 aromatic rings. The second-order valence-corrected chi connectivity index (χ2v) is 8.75. The Morgan fingerprint density at radius 3 is 2.12 bits per heavy atom. The standard InChI is InChI=1S/C28H24F2N2O2/c29-22-11-12-23(30)24(18-22)32-27(33)25(21-9-5-2-6-10-21)26(28(32)34)31-15-13-20(14-16-31)17-19-7-3-1-4-8-19/h1-12,18,20H,13-17H2. The Morgan fingerprint density at radius 2 is 1.44 bits per heavy atom. The van der Waals surface area contributed by atoms with Gasteiger partial charge in [-0.1, -0.05) is 60.7 Å². The molecule has 6 heteroatoms. The zero-order chi connectivity index (χ0) is 23.7. The van der Waals surface area contributed by atoms with Gasteiger partial charge in [-0.05, 0) is 48.4 Å². The lowest BCUT2D eigenvalue weighted by Crippen LogP contribution is -2.39. The van der Waals surface area contributed by atoms with E-state index < -0.39 is 23.4 Å². The number of carbonyl (C=O) groups is 2. The van der Waals surface area contributed by atoms with Crippen LogP contribution >= 0.6 is 0 Å². The first kappa shape index (κ1) is 22.0. The van der Waals surface area contributed by atoms with Crippen molar-refractivity contribution in [2.45, 2.75) is 19.3 Å². The van der Waals surface area contributed by atoms with E-state index in [4.69, 9.17) is 0 Å². The van der Waals surface area contributed by atoms with E-state index in [0.717, 1.165) is 42.4 Å². The molecule has 0 aliphatic carbocycles. The molecule has 2 aliphatic rings. The Labute approximate surface area is 197 Å². The Balaban J connectivity index is 1.46. The van der Waals surface area contributed by atoms with Crippen molar-refractivity contribution in [1.82, 2.24) is 4.90 Å². The molecule has 34 heavy (non-hydrogen) atoms. The van der Waals surface area contributed by atoms with Gasteiger partial charge >= 0.3 is 0 Å². The fourth-order valence-corrected chi connectivity index (χ4v) is 4.86. The van der Waals surface area contributed by atoms with Gasteiger partial charge in [0.05, 0.1) is 11.3 Å². The van der Waals surface area contributed by atoms with Gasteiger partial charge in [-0.25, -0.2) is 13.7 Å². The van der Waals surface area contributed by atoms with Crippen LogP contribution in [0.15, 0.2) is 84.6 Å². The van der Waals surface area contributed by atoms with Crippen molar-refractivity contribution < 1.29 is 18.4 Å². The quantitative estimate of drug-likeness (QED) is 0.493. The number of imide groups is 1. The molecule has 2 aliphatic heterocycles. The fourth-order valence-electron chi connectivity index (χ4n) is 4.86. The highest BCUT2D eigenvalue weighted by molar-refractivity contribution is 6.45. The van der Waals surface area contributed by atoms with Crippen molar-refractivity contribution in [2.75, 3.05) is 18.0 Å². The van der Waals surface area contributed by atoms with Crippen LogP contribution in [0.4, 0.5) is 14.5 Å². The van der Waals surface area contributed by atoms with E-state index in [-0.39, 0.29) is 17.0 Å². The number of hydrogen-bond donors (Lipinski definition) is 0. The number of anilines is 1. The zero-order valence-corrected chi connectivity index (χ0v) is 18.6. The SMILES string of the molecule is O=C1C(c2ccccc2)=C(N2CCC(Cc3ccccc3)CC2)C(=O)N1c1cc(F)ccc1F. The number of likely N-dealkylation sites (tertiary alicyclic amines) is 1. The van der Waals surface area contributed by atoms with Gasteiger partial charge in [-0.3, -0.25) is 9.59 Å². The molecule has 0 aromatic heterocycles. The smallest absolute Gasteiger partial charge is 0.282 e. The second-order valence-electron chi connectivity index (χ2n) is 8.75. The molecule has 1 fully saturated rings. The molecule has 0 spiro atoms. The lowest BCUT2D eigenvalue weighted by atomic mass is 9.89. The van der Waals surface area contributed by atoms with Gasteiger partial charge in [0, 0.05) is 19.2 Å². The second kappa shape index (κ2) is 9.21. The predicted molar refractivity (Wildman–Crippen MR) is 127 cm³/mol. The summed E-state index contributed by atoms with van der Waals surface area (Å²) in [6.07, 6.45) is 2.71. The van der Waals surface area contributed by atoms with Crippen molar-refractivity contribution >= 4 is 23.1 Å². The molecule has 0 radical (unpaired) electrons. The molecule has 172 valence electrons. The van der Waals surface area contributed by atoms with E-state index in [1.165, 1.54) is 5.56 Å². The average molecular weight is 459 g/mol. The van der Waals surface area contributed by atoms with Crippen LogP contribution in [0.3, 0.4) is 0 Å². The summed E-state index contributed by atoms with van der Waals surface area (Å²) in [6.45, 7) is 1.23. The highest BCUT2D eigenvalue weighted by atomic mass is 19.1. The molecule has 0 saturated carbocycles. The molecule has 0 atom stereocenters. The third-order valence-electron chi connectivity index (χ3n) is 6.57. The third-order valence-corrected chi connectivity index (χ3v) is 6.57. The number of carbonyl (C=O) groups excluding carboxylic acids is 2. The van der Waals surface area contributed by atoms with Crippen LogP contribution in [0.1, 0.15) is 24.0 Å². The van der Waals surface area contributed by atoms with Gasteiger partial charge in [0.1, 0.15) is 17.3 Å². The summed E-state index contributed by atoms with van der Waals surface area (Å²) in [6, 6.07) is 22.0. The number of piperidine rings is 1. The first-order chi connectivity index (χ1) is 16.5. The first-order valence-electron chi connectivity index (χ1n) is 11.5. The Hall–Kier alpha value is -3.80. The van der Waals surface area contributed by atoms with E-state index in [1.807, 2.05) is 29.2 Å². The monoisotopic (exact) mass is 458 g/mol. The van der Waals surface area contributed by atoms with Crippen LogP contribution in [0.25, 0.3) is 5.57 Å². The van der Waals surface area contributed by atoms with E-state index in [0.29, 0.717) is 24.6 Å². The normalized spacial score (nSPS) is 17.1. The summed E-state index contributed by atoms with van der Waals surface area (Å²) in [5, 5.41) is 0. The maximum atomic E-state index is 14.6. The number of rotatable bonds is 5. The summed E-state index contributed by atoms with van der Waals surface area (Å²) in [5.41, 5.74) is 2.00. The van der Waals surface area contributed by atoms with Gasteiger partial charge in [0.25, 0.3) is 11.8 Å². The van der Waals surface area contributed by atoms with Gasteiger partial charge in [0.2, 0.25) is 0 Å². The number of benzene rings is 3. The molecule has 1 saturated heterocycles. The van der Waals surface area contributed by atoms with Crippen LogP contribution in [0, 0.1) is 17.6 Å². The highest BCUT2D eigenvalue weighted by Crippen LogP contribution is 2.37. The van der Waals surface area contributed by atoms with Crippen LogP contribution in [-0.2, 0) is 16.0 Å². The summed E-state index contributed by atoms with van der Waals surface area (Å²) < 4.78 is 28.5. The Kier molecular flexibility index (Phi) is 5.97. The van der Waals surface area contributed by atoms with E-state index in [9.17, 15) is 18.4 Å². The van der Waals surface area contributed by atoms with E-state index in [2.05, 4.69) is 12.1 Å². The lowest BCUT2D eigenvalue weighted by Gasteiger charge is -2.34. The summed E-state index contributed by atoms with van der Waals surface area (Å²) >= 11 is 0. The van der Waals surface area contributed by atoms with E-state index in [1.54, 1.807) is 24.3 Å². The molecular formula is C28H24F2N2O2. The maximum Gasteiger partial charge on any atom is 0.282 e. The summed E-state index contributed by atoms with van der Waals surface area (Å²) in [4.78, 5) is 29.7. The van der Waals surface area contributed by atoms with Crippen LogP contribution in [-0.4, -0.2) is 29.8 Å². The molecule has 4 nitrogen and oxygen atoms in total. The van der Waals surface area contributed by atoms with Crippen molar-refractivity contribution in [3.8, 4) is 0 Å². The molecule has 0 bridgehead atoms. The van der Waals surface area contributed by atoms with E-state index >= 15 is 0 Å². The van der Waals surface area contributed by atoms with Crippen LogP contribution in [0.2, 0.25) is 0 Å². The molecular weight excluding hydrogens is 434 g/mol. The molecule has 3 aromatic carbocycles. The van der Waals surface area contributed by atoms with Crippen molar-refractivity contribution in [3.63, 3.8) is 0 Å². The zero-order valence-electron chi connectivity index (χ0n) is 18.6. The molecule has 5 rings (SSSR count). The Bertz CT molecular complexity index is 1250. The fraction of sp³-hybridized carbons (Fsp3) is 0.214. The number of nitrogens with zero attached hydrogens (tertiary/aromatic N) is 2. The lowest BCUT2D eigenvalue weighted by molar-refractivity contribution is -0.120. The number of amides is 2. The highest BCUT2D eigenvalue weighted by Gasteiger charge is 2.44. The maximum absolute atomic E-state index is 14.6. The van der Waals surface area contributed by atoms with Crippen molar-refractivity contribution in [2.24, 2.45) is 5.92 Å². The third kappa shape index (κ3) is 4.12. The minimum atomic E-state index is -0.821. The van der Waals surface area contributed by atoms with Crippen molar-refractivity contribution in [1.29, 1.82) is 0 Å². The predicted octanol–water partition coefficient (Wildman–Crippen LogP) is 5.20. The van der Waals surface area contributed by atoms with Gasteiger partial charge in [0.15, 0.2) is 0 Å². The largest absolute Gasteiger partial charge is 0.366 e. The summed E-state index contributed by atoms with van der Waals surface area (Å²) in [7, 11) is 0. The first-order valence-corrected chi connectivity index (χ1v) is 11.5. The minimum absolute atomic E-state index is 0.232. The number of hydrogen-bond acceptors (Lipinski definition) is 3. The van der Waals surface area contributed by atoms with Gasteiger partial charge in [-0.2, -0.15) is 0 Å². The molecule has 0 N–H and O–H groups in total. The minimum Gasteiger partial charge on any atom is -0.366 e. The summed E-state index contributed by atoms with van der Waals surface area (Å²) in [5.74, 6) is -2.31. The number of halogens is 2. The van der Waals surface area contributed by atoms with Crippen LogP contribution < -0.4 is 4.90 Å². The average Bonchev–Trinajstić information content (AvgIpc) is 3.12. The molecule has 0 unspecified atom stereocenters. The molecule has 2 amide bonds. The van der Waals surface area contributed by atoms with Gasteiger partial charge in [-0.15, -0.1) is 0 Å². The van der Waals surface area contributed by atoms with Crippen LogP contribution in [0.5, 0.6) is 0 Å². The van der Waals surface area contributed by atoms with Crippen molar-refractivity contribution in [3.05, 3.63) is 107 Å². The topological polar surface area (TPSA) is 40.6 Å². The molecule has 2 heterocycles.